The molecular weight excluding hydrogens is 326 g/mol. The van der Waals surface area contributed by atoms with Gasteiger partial charge in [0.1, 0.15) is 5.54 Å². The lowest BCUT2D eigenvalue weighted by atomic mass is 9.65. The average molecular weight is 353 g/mol. The van der Waals surface area contributed by atoms with Crippen LogP contribution in [0.4, 0.5) is 0 Å². The number of nitrogens with one attached hydrogen (secondary N) is 1. The van der Waals surface area contributed by atoms with E-state index in [2.05, 4.69) is 4.72 Å². The van der Waals surface area contributed by atoms with Crippen LogP contribution in [0.2, 0.25) is 0 Å². The molecule has 1 aromatic rings. The highest BCUT2D eigenvalue weighted by molar-refractivity contribution is 7.89. The van der Waals surface area contributed by atoms with E-state index in [1.807, 2.05) is 27.7 Å². The zero-order chi connectivity index (χ0) is 18.1. The summed E-state index contributed by atoms with van der Waals surface area (Å²) in [5.41, 5.74) is -0.497. The van der Waals surface area contributed by atoms with Crippen LogP contribution in [0.1, 0.15) is 45.6 Å². The molecule has 1 aliphatic rings. The van der Waals surface area contributed by atoms with Crippen molar-refractivity contribution in [3.05, 3.63) is 29.8 Å². The summed E-state index contributed by atoms with van der Waals surface area (Å²) >= 11 is 0. The first kappa shape index (κ1) is 18.9. The first-order valence-corrected chi connectivity index (χ1v) is 9.91. The molecule has 0 radical (unpaired) electrons. The molecule has 1 saturated carbocycles. The molecule has 3 atom stereocenters. The fraction of sp³-hybridized carbons (Fsp3) is 0.611. The van der Waals surface area contributed by atoms with Crippen molar-refractivity contribution < 1.29 is 18.3 Å². The van der Waals surface area contributed by atoms with Crippen LogP contribution in [0.3, 0.4) is 0 Å². The van der Waals surface area contributed by atoms with E-state index in [0.717, 1.165) is 12.0 Å². The van der Waals surface area contributed by atoms with Crippen LogP contribution in [-0.4, -0.2) is 25.0 Å². The Kier molecular flexibility index (Phi) is 5.40. The van der Waals surface area contributed by atoms with Gasteiger partial charge in [0, 0.05) is 0 Å². The molecule has 1 aliphatic carbocycles. The van der Waals surface area contributed by atoms with E-state index >= 15 is 0 Å². The number of hydrogen-bond acceptors (Lipinski definition) is 3. The fourth-order valence-corrected chi connectivity index (χ4v) is 5.25. The standard InChI is InChI=1S/C18H27NO4S/c1-12(2)16-10-7-14(4)11-18(16,17(20)21)19-24(22,23)15-8-5-13(3)6-9-15/h5-6,8-9,12,14,16,19H,7,10-11H2,1-4H3,(H,20,21)/t14-,16-,18+/m1/s1. The number of rotatable bonds is 5. The van der Waals surface area contributed by atoms with Gasteiger partial charge in [-0.15, -0.1) is 0 Å². The van der Waals surface area contributed by atoms with Crippen LogP contribution in [-0.2, 0) is 14.8 Å². The molecule has 0 bridgehead atoms. The summed E-state index contributed by atoms with van der Waals surface area (Å²) in [5.74, 6) is -1.07. The third-order valence-corrected chi connectivity index (χ3v) is 6.63. The van der Waals surface area contributed by atoms with Gasteiger partial charge in [0.15, 0.2) is 0 Å². The van der Waals surface area contributed by atoms with Crippen molar-refractivity contribution in [3.63, 3.8) is 0 Å². The zero-order valence-corrected chi connectivity index (χ0v) is 15.6. The van der Waals surface area contributed by atoms with Crippen LogP contribution in [0.25, 0.3) is 0 Å². The Morgan fingerprint density at radius 2 is 1.83 bits per heavy atom. The van der Waals surface area contributed by atoms with Gasteiger partial charge in [0.2, 0.25) is 10.0 Å². The summed E-state index contributed by atoms with van der Waals surface area (Å²) in [7, 11) is -3.90. The highest BCUT2D eigenvalue weighted by atomic mass is 32.2. The molecule has 0 amide bonds. The quantitative estimate of drug-likeness (QED) is 0.851. The molecule has 0 aliphatic heterocycles. The molecule has 24 heavy (non-hydrogen) atoms. The van der Waals surface area contributed by atoms with Gasteiger partial charge in [0.05, 0.1) is 4.90 Å². The summed E-state index contributed by atoms with van der Waals surface area (Å²) < 4.78 is 28.2. The van der Waals surface area contributed by atoms with Gasteiger partial charge in [-0.1, -0.05) is 44.9 Å². The minimum Gasteiger partial charge on any atom is -0.480 e. The van der Waals surface area contributed by atoms with Gasteiger partial charge >= 0.3 is 5.97 Å². The molecule has 0 unspecified atom stereocenters. The van der Waals surface area contributed by atoms with Crippen LogP contribution in [0, 0.1) is 24.7 Å². The first-order valence-electron chi connectivity index (χ1n) is 8.42. The van der Waals surface area contributed by atoms with Crippen molar-refractivity contribution in [1.29, 1.82) is 0 Å². The number of aryl methyl sites for hydroxylation is 1. The van der Waals surface area contributed by atoms with Crippen molar-refractivity contribution in [3.8, 4) is 0 Å². The lowest BCUT2D eigenvalue weighted by Gasteiger charge is -2.45. The second-order valence-electron chi connectivity index (χ2n) is 7.43. The van der Waals surface area contributed by atoms with Crippen molar-refractivity contribution in [2.45, 2.75) is 57.4 Å². The molecule has 1 aromatic carbocycles. The molecule has 0 spiro atoms. The Morgan fingerprint density at radius 1 is 1.25 bits per heavy atom. The Balaban J connectivity index is 2.45. The summed E-state index contributed by atoms with van der Waals surface area (Å²) in [5, 5.41) is 9.95. The molecular formula is C18H27NO4S. The van der Waals surface area contributed by atoms with Crippen LogP contribution < -0.4 is 4.72 Å². The lowest BCUT2D eigenvalue weighted by Crippen LogP contribution is -2.62. The number of carboxylic acid groups (broad SMARTS) is 1. The summed E-state index contributed by atoms with van der Waals surface area (Å²) in [6, 6.07) is 6.46. The molecule has 5 nitrogen and oxygen atoms in total. The van der Waals surface area contributed by atoms with Gasteiger partial charge in [-0.3, -0.25) is 4.79 Å². The smallest absolute Gasteiger partial charge is 0.325 e. The average Bonchev–Trinajstić information content (AvgIpc) is 2.46. The number of carbonyl (C=O) groups is 1. The van der Waals surface area contributed by atoms with E-state index in [0.29, 0.717) is 12.8 Å². The van der Waals surface area contributed by atoms with E-state index in [1.54, 1.807) is 12.1 Å². The molecule has 2 N–H and O–H groups in total. The second kappa shape index (κ2) is 6.84. The maximum Gasteiger partial charge on any atom is 0.325 e. The number of benzene rings is 1. The number of sulfonamides is 1. The van der Waals surface area contributed by atoms with Gasteiger partial charge in [-0.25, -0.2) is 8.42 Å². The van der Waals surface area contributed by atoms with Gasteiger partial charge in [-0.2, -0.15) is 4.72 Å². The second-order valence-corrected chi connectivity index (χ2v) is 9.11. The summed E-state index contributed by atoms with van der Waals surface area (Å²) in [6.45, 7) is 7.77. The van der Waals surface area contributed by atoms with Crippen molar-refractivity contribution in [1.82, 2.24) is 4.72 Å². The molecule has 2 rings (SSSR count). The van der Waals surface area contributed by atoms with E-state index in [4.69, 9.17) is 0 Å². The third kappa shape index (κ3) is 3.64. The lowest BCUT2D eigenvalue weighted by molar-refractivity contribution is -0.150. The van der Waals surface area contributed by atoms with E-state index in [9.17, 15) is 18.3 Å². The highest BCUT2D eigenvalue weighted by Crippen LogP contribution is 2.42. The molecule has 0 aromatic heterocycles. The van der Waals surface area contributed by atoms with Crippen LogP contribution in [0.5, 0.6) is 0 Å². The normalized spacial score (nSPS) is 28.0. The minimum atomic E-state index is -3.90. The Hall–Kier alpha value is -1.40. The Morgan fingerprint density at radius 3 is 2.33 bits per heavy atom. The van der Waals surface area contributed by atoms with Crippen molar-refractivity contribution in [2.24, 2.45) is 17.8 Å². The third-order valence-electron chi connectivity index (χ3n) is 5.11. The topological polar surface area (TPSA) is 83.5 Å². The minimum absolute atomic E-state index is 0.0781. The fourth-order valence-electron chi connectivity index (χ4n) is 3.84. The van der Waals surface area contributed by atoms with Crippen LogP contribution in [0.15, 0.2) is 29.2 Å². The number of hydrogen-bond donors (Lipinski definition) is 2. The monoisotopic (exact) mass is 353 g/mol. The van der Waals surface area contributed by atoms with Crippen molar-refractivity contribution >= 4 is 16.0 Å². The highest BCUT2D eigenvalue weighted by Gasteiger charge is 2.52. The number of carboxylic acids is 1. The SMILES string of the molecule is Cc1ccc(S(=O)(=O)N[C@@]2(C(=O)O)C[C@H](C)CC[C@@H]2C(C)C)cc1. The summed E-state index contributed by atoms with van der Waals surface area (Å²) in [6.07, 6.45) is 1.95. The van der Waals surface area contributed by atoms with Gasteiger partial charge < -0.3 is 5.11 Å². The zero-order valence-electron chi connectivity index (χ0n) is 14.7. The van der Waals surface area contributed by atoms with Crippen LogP contribution >= 0.6 is 0 Å². The molecule has 0 saturated heterocycles. The first-order chi connectivity index (χ1) is 11.1. The molecule has 134 valence electrons. The predicted molar refractivity (Wildman–Crippen MR) is 93.2 cm³/mol. The predicted octanol–water partition coefficient (Wildman–Crippen LogP) is 3.19. The maximum atomic E-state index is 12.8. The van der Waals surface area contributed by atoms with Gasteiger partial charge in [-0.05, 0) is 49.7 Å². The maximum absolute atomic E-state index is 12.8. The number of aliphatic carboxylic acids is 1. The Bertz CT molecular complexity index is 696. The van der Waals surface area contributed by atoms with Gasteiger partial charge in [0.25, 0.3) is 0 Å². The molecule has 1 fully saturated rings. The Labute approximate surface area is 144 Å². The van der Waals surface area contributed by atoms with E-state index in [-0.39, 0.29) is 22.6 Å². The summed E-state index contributed by atoms with van der Waals surface area (Å²) in [4.78, 5) is 12.3. The molecule has 0 heterocycles. The van der Waals surface area contributed by atoms with Crippen molar-refractivity contribution in [2.75, 3.05) is 0 Å². The largest absolute Gasteiger partial charge is 0.480 e. The van der Waals surface area contributed by atoms with E-state index < -0.39 is 21.5 Å². The molecule has 6 heteroatoms. The van der Waals surface area contributed by atoms with E-state index in [1.165, 1.54) is 12.1 Å².